The summed E-state index contributed by atoms with van der Waals surface area (Å²) in [6.45, 7) is 11.5. The lowest BCUT2D eigenvalue weighted by molar-refractivity contribution is -0.385. The summed E-state index contributed by atoms with van der Waals surface area (Å²) in [5.41, 5.74) is 6.96. The van der Waals surface area contributed by atoms with E-state index < -0.39 is 0 Å². The van der Waals surface area contributed by atoms with E-state index in [1.165, 1.54) is 22.4 Å². The van der Waals surface area contributed by atoms with Crippen LogP contribution in [-0.2, 0) is 9.53 Å². The van der Waals surface area contributed by atoms with Crippen molar-refractivity contribution in [1.82, 2.24) is 4.90 Å². The molecule has 194 valence electrons. The lowest BCUT2D eigenvalue weighted by Crippen LogP contribution is -2.50. The van der Waals surface area contributed by atoms with E-state index in [1.807, 2.05) is 11.0 Å². The van der Waals surface area contributed by atoms with E-state index in [0.29, 0.717) is 11.6 Å². The van der Waals surface area contributed by atoms with Gasteiger partial charge < -0.3 is 19.9 Å². The van der Waals surface area contributed by atoms with Gasteiger partial charge in [0.15, 0.2) is 0 Å². The van der Waals surface area contributed by atoms with Crippen molar-refractivity contribution in [2.45, 2.75) is 65.5 Å². The Bertz CT molecular complexity index is 1100. The minimum absolute atomic E-state index is 0.0769. The Morgan fingerprint density at radius 3 is 2.31 bits per heavy atom. The van der Waals surface area contributed by atoms with Crippen LogP contribution in [0.15, 0.2) is 30.3 Å². The van der Waals surface area contributed by atoms with Gasteiger partial charge in [0.2, 0.25) is 5.91 Å². The van der Waals surface area contributed by atoms with Crippen LogP contribution in [0.2, 0.25) is 0 Å². The molecule has 0 bridgehead atoms. The Morgan fingerprint density at radius 1 is 0.972 bits per heavy atom. The second kappa shape index (κ2) is 11.3. The molecule has 1 amide bonds. The quantitative estimate of drug-likeness (QED) is 0.434. The Balaban J connectivity index is 1.18. The number of carbonyl (C=O) groups excluding carboxylic acids is 1. The first kappa shape index (κ1) is 25.9. The van der Waals surface area contributed by atoms with Gasteiger partial charge in [-0.15, -0.1) is 0 Å². The van der Waals surface area contributed by atoms with Crippen molar-refractivity contribution in [3.8, 4) is 0 Å². The molecule has 0 unspecified atom stereocenters. The average molecular weight is 495 g/mol. The third-order valence-electron chi connectivity index (χ3n) is 7.88. The number of nitro groups is 1. The first-order valence-electron chi connectivity index (χ1n) is 13.0. The van der Waals surface area contributed by atoms with Crippen LogP contribution in [0, 0.1) is 37.8 Å². The minimum atomic E-state index is -0.353. The Labute approximate surface area is 213 Å². The SMILES string of the molecule is Cc1cc(NC2CCC(OCC(=O)N3CCN(c4ccc(C)c(C)c4C)CC3)CC2)ccc1[N+](=O)[O-]. The molecule has 4 rings (SSSR count). The highest BCUT2D eigenvalue weighted by molar-refractivity contribution is 5.78. The van der Waals surface area contributed by atoms with E-state index in [-0.39, 0.29) is 29.2 Å². The number of nitrogens with zero attached hydrogens (tertiary/aromatic N) is 3. The number of rotatable bonds is 7. The summed E-state index contributed by atoms with van der Waals surface area (Å²) < 4.78 is 6.01. The highest BCUT2D eigenvalue weighted by Crippen LogP contribution is 2.28. The molecule has 1 heterocycles. The van der Waals surface area contributed by atoms with Gasteiger partial charge in [0.05, 0.1) is 11.0 Å². The van der Waals surface area contributed by atoms with Crippen LogP contribution in [0.1, 0.15) is 47.9 Å². The second-order valence-corrected chi connectivity index (χ2v) is 10.2. The molecule has 2 fully saturated rings. The number of nitro benzene ring substituents is 1. The largest absolute Gasteiger partial charge is 0.382 e. The third kappa shape index (κ3) is 5.98. The first-order valence-corrected chi connectivity index (χ1v) is 13.0. The van der Waals surface area contributed by atoms with Gasteiger partial charge in [0.25, 0.3) is 5.69 Å². The average Bonchev–Trinajstić information content (AvgIpc) is 2.87. The summed E-state index contributed by atoms with van der Waals surface area (Å²) in [4.78, 5) is 27.8. The zero-order valence-corrected chi connectivity index (χ0v) is 21.9. The van der Waals surface area contributed by atoms with Crippen LogP contribution < -0.4 is 10.2 Å². The smallest absolute Gasteiger partial charge is 0.272 e. The lowest BCUT2D eigenvalue weighted by atomic mass is 9.92. The van der Waals surface area contributed by atoms with Crippen molar-refractivity contribution in [3.63, 3.8) is 0 Å². The Morgan fingerprint density at radius 2 is 1.67 bits per heavy atom. The third-order valence-corrected chi connectivity index (χ3v) is 7.88. The number of amides is 1. The number of hydrogen-bond acceptors (Lipinski definition) is 6. The molecular formula is C28H38N4O4. The van der Waals surface area contributed by atoms with Crippen LogP contribution in [0.5, 0.6) is 0 Å². The predicted molar refractivity (Wildman–Crippen MR) is 143 cm³/mol. The van der Waals surface area contributed by atoms with Crippen LogP contribution >= 0.6 is 0 Å². The van der Waals surface area contributed by atoms with Gasteiger partial charge in [-0.2, -0.15) is 0 Å². The monoisotopic (exact) mass is 494 g/mol. The molecule has 2 aliphatic rings. The molecule has 2 aromatic carbocycles. The molecule has 0 spiro atoms. The van der Waals surface area contributed by atoms with Gasteiger partial charge in [-0.05, 0) is 88.3 Å². The van der Waals surface area contributed by atoms with E-state index in [9.17, 15) is 14.9 Å². The fourth-order valence-electron chi connectivity index (χ4n) is 5.32. The van der Waals surface area contributed by atoms with Crippen molar-refractivity contribution in [2.24, 2.45) is 0 Å². The highest BCUT2D eigenvalue weighted by Gasteiger charge is 2.26. The van der Waals surface area contributed by atoms with Gasteiger partial charge >= 0.3 is 0 Å². The van der Waals surface area contributed by atoms with Gasteiger partial charge in [0.1, 0.15) is 6.61 Å². The molecule has 1 aliphatic heterocycles. The molecule has 0 radical (unpaired) electrons. The number of aryl methyl sites for hydroxylation is 2. The van der Waals surface area contributed by atoms with Crippen molar-refractivity contribution in [1.29, 1.82) is 0 Å². The summed E-state index contributed by atoms with van der Waals surface area (Å²) in [6.07, 6.45) is 3.80. The fraction of sp³-hybridized carbons (Fsp3) is 0.536. The molecule has 0 aromatic heterocycles. The van der Waals surface area contributed by atoms with Crippen LogP contribution in [-0.4, -0.2) is 60.7 Å². The number of hydrogen-bond donors (Lipinski definition) is 1. The minimum Gasteiger partial charge on any atom is -0.382 e. The standard InChI is InChI=1S/C28H38N4O4/c1-19-5-11-27(22(4)21(19)3)30-13-15-31(16-14-30)28(33)18-36-25-9-6-23(7-10-25)29-24-8-12-26(32(34)35)20(2)17-24/h5,8,11-12,17,23,25,29H,6-7,9-10,13-16,18H2,1-4H3. The molecule has 8 nitrogen and oxygen atoms in total. The van der Waals surface area contributed by atoms with Gasteiger partial charge in [0, 0.05) is 55.2 Å². The molecule has 8 heteroatoms. The Hall–Kier alpha value is -3.13. The molecule has 1 saturated carbocycles. The van der Waals surface area contributed by atoms with E-state index in [1.54, 1.807) is 19.1 Å². The highest BCUT2D eigenvalue weighted by atomic mass is 16.6. The number of carbonyl (C=O) groups is 1. The number of benzene rings is 2. The summed E-state index contributed by atoms with van der Waals surface area (Å²) >= 11 is 0. The maximum absolute atomic E-state index is 12.8. The number of ether oxygens (including phenoxy) is 1. The normalized spacial score (nSPS) is 20.3. The van der Waals surface area contributed by atoms with E-state index >= 15 is 0 Å². The second-order valence-electron chi connectivity index (χ2n) is 10.2. The summed E-state index contributed by atoms with van der Waals surface area (Å²) in [5.74, 6) is 0.0769. The Kier molecular flexibility index (Phi) is 8.14. The number of nitrogens with one attached hydrogen (secondary N) is 1. The van der Waals surface area contributed by atoms with Gasteiger partial charge in [-0.25, -0.2) is 0 Å². The zero-order valence-electron chi connectivity index (χ0n) is 21.9. The van der Waals surface area contributed by atoms with Crippen molar-refractivity contribution < 1.29 is 14.5 Å². The van der Waals surface area contributed by atoms with Crippen LogP contribution in [0.4, 0.5) is 17.1 Å². The molecule has 0 atom stereocenters. The molecule has 2 aromatic rings. The maximum atomic E-state index is 12.8. The van der Waals surface area contributed by atoms with Crippen molar-refractivity contribution >= 4 is 23.0 Å². The van der Waals surface area contributed by atoms with E-state index in [4.69, 9.17) is 4.74 Å². The topological polar surface area (TPSA) is 88.0 Å². The molecular weight excluding hydrogens is 456 g/mol. The van der Waals surface area contributed by atoms with Crippen molar-refractivity contribution in [3.05, 3.63) is 62.7 Å². The predicted octanol–water partition coefficient (Wildman–Crippen LogP) is 4.92. The van der Waals surface area contributed by atoms with Crippen LogP contribution in [0.3, 0.4) is 0 Å². The molecule has 1 saturated heterocycles. The van der Waals surface area contributed by atoms with E-state index in [2.05, 4.69) is 43.1 Å². The van der Waals surface area contributed by atoms with Crippen LogP contribution in [0.25, 0.3) is 0 Å². The number of anilines is 2. The summed E-state index contributed by atoms with van der Waals surface area (Å²) in [6, 6.07) is 9.85. The van der Waals surface area contributed by atoms with Crippen molar-refractivity contribution in [2.75, 3.05) is 43.0 Å². The molecule has 1 aliphatic carbocycles. The zero-order chi connectivity index (χ0) is 25.8. The number of piperazine rings is 1. The first-order chi connectivity index (χ1) is 17.2. The molecule has 36 heavy (non-hydrogen) atoms. The summed E-state index contributed by atoms with van der Waals surface area (Å²) in [7, 11) is 0. The lowest BCUT2D eigenvalue weighted by Gasteiger charge is -2.37. The summed E-state index contributed by atoms with van der Waals surface area (Å²) in [5, 5.41) is 14.5. The van der Waals surface area contributed by atoms with Gasteiger partial charge in [-0.1, -0.05) is 6.07 Å². The van der Waals surface area contributed by atoms with Gasteiger partial charge in [-0.3, -0.25) is 14.9 Å². The molecule has 1 N–H and O–H groups in total. The maximum Gasteiger partial charge on any atom is 0.272 e. The fourth-order valence-corrected chi connectivity index (χ4v) is 5.32. The van der Waals surface area contributed by atoms with E-state index in [0.717, 1.165) is 57.5 Å².